The number of H-pyrrole nitrogens is 1. The molecule has 0 fully saturated rings. The summed E-state index contributed by atoms with van der Waals surface area (Å²) in [5.74, 6) is 0. The summed E-state index contributed by atoms with van der Waals surface area (Å²) in [5, 5.41) is 16.1. The third-order valence-corrected chi connectivity index (χ3v) is 6.81. The zero-order valence-electron chi connectivity index (χ0n) is 15.3. The van der Waals surface area contributed by atoms with Gasteiger partial charge in [0.25, 0.3) is 5.56 Å². The van der Waals surface area contributed by atoms with Crippen LogP contribution in [0.25, 0.3) is 21.3 Å². The van der Waals surface area contributed by atoms with E-state index in [-0.39, 0.29) is 5.56 Å². The number of hydrogen-bond acceptors (Lipinski definition) is 7. The van der Waals surface area contributed by atoms with Crippen LogP contribution < -0.4 is 5.56 Å². The van der Waals surface area contributed by atoms with E-state index in [0.29, 0.717) is 18.5 Å². The van der Waals surface area contributed by atoms with E-state index >= 15 is 0 Å². The van der Waals surface area contributed by atoms with E-state index in [1.165, 1.54) is 4.68 Å². The minimum Gasteiger partial charge on any atom is -0.323 e. The van der Waals surface area contributed by atoms with Gasteiger partial charge in [0.1, 0.15) is 10.5 Å². The highest BCUT2D eigenvalue weighted by Gasteiger charge is 2.18. The highest BCUT2D eigenvalue weighted by Crippen LogP contribution is 2.31. The standard InChI is InChI=1S/C18H17N7OS2/c1-3-13-22-11(9-27-13)8-25-18(26)15-12(7-21-25)16-17(24(15)2)23-14(28-16)4-10-5-19-20-6-10/h5-7,9H,3-4,8H2,1-2H3,(H,19,20). The number of hydrogen-bond donors (Lipinski definition) is 1. The van der Waals surface area contributed by atoms with Gasteiger partial charge in [-0.1, -0.05) is 6.92 Å². The molecule has 0 unspecified atom stereocenters. The molecule has 0 aliphatic rings. The number of rotatable bonds is 5. The van der Waals surface area contributed by atoms with Gasteiger partial charge in [-0.05, 0) is 12.0 Å². The number of aromatic nitrogens is 7. The Bertz CT molecular complexity index is 1340. The van der Waals surface area contributed by atoms with Crippen molar-refractivity contribution in [1.82, 2.24) is 34.5 Å². The molecule has 1 N–H and O–H groups in total. The molecule has 0 saturated heterocycles. The van der Waals surface area contributed by atoms with Crippen molar-refractivity contribution in [3.63, 3.8) is 0 Å². The fourth-order valence-electron chi connectivity index (χ4n) is 3.31. The molecule has 5 rings (SSSR count). The summed E-state index contributed by atoms with van der Waals surface area (Å²) in [6, 6.07) is 0. The number of nitrogens with zero attached hydrogens (tertiary/aromatic N) is 6. The molecule has 0 bridgehead atoms. The number of aromatic amines is 1. The third-order valence-electron chi connectivity index (χ3n) is 4.69. The normalized spacial score (nSPS) is 11.8. The molecule has 5 aromatic rings. The monoisotopic (exact) mass is 411 g/mol. The maximum Gasteiger partial charge on any atom is 0.291 e. The first-order valence-corrected chi connectivity index (χ1v) is 10.6. The Morgan fingerprint density at radius 1 is 1.21 bits per heavy atom. The molecule has 142 valence electrons. The summed E-state index contributed by atoms with van der Waals surface area (Å²) < 4.78 is 4.35. The lowest BCUT2D eigenvalue weighted by Gasteiger charge is -2.03. The average molecular weight is 412 g/mol. The summed E-state index contributed by atoms with van der Waals surface area (Å²) in [6.07, 6.45) is 7.05. The maximum atomic E-state index is 13.1. The lowest BCUT2D eigenvalue weighted by atomic mass is 10.3. The molecule has 0 atom stereocenters. The molecule has 28 heavy (non-hydrogen) atoms. The molecule has 0 aromatic carbocycles. The van der Waals surface area contributed by atoms with Crippen molar-refractivity contribution in [2.24, 2.45) is 7.05 Å². The molecule has 5 heterocycles. The zero-order valence-corrected chi connectivity index (χ0v) is 17.0. The van der Waals surface area contributed by atoms with Crippen LogP contribution >= 0.6 is 22.7 Å². The molecule has 0 radical (unpaired) electrons. The smallest absolute Gasteiger partial charge is 0.291 e. The van der Waals surface area contributed by atoms with Gasteiger partial charge < -0.3 is 4.57 Å². The van der Waals surface area contributed by atoms with Crippen molar-refractivity contribution in [2.45, 2.75) is 26.3 Å². The summed E-state index contributed by atoms with van der Waals surface area (Å²) in [4.78, 5) is 22.3. The maximum absolute atomic E-state index is 13.1. The van der Waals surface area contributed by atoms with Crippen LogP contribution in [0.4, 0.5) is 0 Å². The van der Waals surface area contributed by atoms with Crippen LogP contribution in [-0.4, -0.2) is 34.5 Å². The van der Waals surface area contributed by atoms with Crippen LogP contribution in [0.2, 0.25) is 0 Å². The van der Waals surface area contributed by atoms with E-state index in [9.17, 15) is 4.79 Å². The second-order valence-electron chi connectivity index (χ2n) is 6.56. The zero-order chi connectivity index (χ0) is 19.3. The molecule has 0 amide bonds. The van der Waals surface area contributed by atoms with E-state index in [4.69, 9.17) is 4.98 Å². The van der Waals surface area contributed by atoms with Gasteiger partial charge in [-0.3, -0.25) is 9.89 Å². The van der Waals surface area contributed by atoms with Crippen molar-refractivity contribution in [1.29, 1.82) is 0 Å². The van der Waals surface area contributed by atoms with Gasteiger partial charge in [0.05, 0.1) is 34.3 Å². The molecule has 0 aliphatic heterocycles. The van der Waals surface area contributed by atoms with Crippen molar-refractivity contribution >= 4 is 43.9 Å². The van der Waals surface area contributed by atoms with E-state index in [2.05, 4.69) is 27.2 Å². The van der Waals surface area contributed by atoms with Crippen LogP contribution in [0.15, 0.2) is 28.8 Å². The largest absolute Gasteiger partial charge is 0.323 e. The molecular weight excluding hydrogens is 394 g/mol. The molecule has 0 aliphatic carbocycles. The summed E-state index contributed by atoms with van der Waals surface area (Å²) in [7, 11) is 1.88. The van der Waals surface area contributed by atoms with Crippen molar-refractivity contribution in [2.75, 3.05) is 0 Å². The highest BCUT2D eigenvalue weighted by molar-refractivity contribution is 7.19. The Morgan fingerprint density at radius 3 is 2.86 bits per heavy atom. The quantitative estimate of drug-likeness (QED) is 0.480. The Balaban J connectivity index is 1.56. The first-order chi connectivity index (χ1) is 13.6. The number of thiazole rings is 2. The lowest BCUT2D eigenvalue weighted by molar-refractivity contribution is 0.634. The summed E-state index contributed by atoms with van der Waals surface area (Å²) in [6.45, 7) is 2.45. The number of fused-ring (bicyclic) bond motifs is 3. The van der Waals surface area contributed by atoms with Crippen LogP contribution in [0.3, 0.4) is 0 Å². The van der Waals surface area contributed by atoms with Crippen molar-refractivity contribution in [3.8, 4) is 0 Å². The van der Waals surface area contributed by atoms with Gasteiger partial charge >= 0.3 is 0 Å². The molecule has 0 spiro atoms. The summed E-state index contributed by atoms with van der Waals surface area (Å²) in [5.41, 5.74) is 3.28. The van der Waals surface area contributed by atoms with Crippen LogP contribution in [0.5, 0.6) is 0 Å². The first kappa shape index (κ1) is 17.3. The SMILES string of the molecule is CCc1nc(Cn2ncc3c4sc(Cc5cn[nH]c5)nc4n(C)c3c2=O)cs1. The fourth-order valence-corrected chi connectivity index (χ4v) is 5.18. The number of nitrogens with one attached hydrogen (secondary N) is 1. The van der Waals surface area contributed by atoms with Gasteiger partial charge in [-0.25, -0.2) is 14.6 Å². The van der Waals surface area contributed by atoms with Gasteiger partial charge in [0.2, 0.25) is 0 Å². The molecule has 10 heteroatoms. The van der Waals surface area contributed by atoms with Gasteiger partial charge in [-0.15, -0.1) is 22.7 Å². The van der Waals surface area contributed by atoms with Crippen LogP contribution in [-0.2, 0) is 26.4 Å². The van der Waals surface area contributed by atoms with Gasteiger partial charge in [-0.2, -0.15) is 10.2 Å². The van der Waals surface area contributed by atoms with Crippen LogP contribution in [0, 0.1) is 0 Å². The minimum atomic E-state index is -0.118. The van der Waals surface area contributed by atoms with E-state index in [0.717, 1.165) is 43.4 Å². The van der Waals surface area contributed by atoms with Crippen LogP contribution in [0.1, 0.15) is 28.2 Å². The van der Waals surface area contributed by atoms with E-state index in [1.54, 1.807) is 35.1 Å². The Hall–Kier alpha value is -2.85. The van der Waals surface area contributed by atoms with Crippen molar-refractivity contribution < 1.29 is 0 Å². The summed E-state index contributed by atoms with van der Waals surface area (Å²) >= 11 is 3.21. The third kappa shape index (κ3) is 2.76. The Kier molecular flexibility index (Phi) is 4.09. The number of aryl methyl sites for hydroxylation is 2. The predicted molar refractivity (Wildman–Crippen MR) is 110 cm³/mol. The van der Waals surface area contributed by atoms with Gasteiger partial charge in [0, 0.05) is 30.4 Å². The fraction of sp³-hybridized carbons (Fsp3) is 0.278. The lowest BCUT2D eigenvalue weighted by Crippen LogP contribution is -2.24. The second-order valence-corrected chi connectivity index (χ2v) is 8.58. The Morgan fingerprint density at radius 2 is 2.11 bits per heavy atom. The van der Waals surface area contributed by atoms with Crippen molar-refractivity contribution in [3.05, 3.63) is 55.6 Å². The highest BCUT2D eigenvalue weighted by atomic mass is 32.1. The van der Waals surface area contributed by atoms with Gasteiger partial charge in [0.15, 0.2) is 5.65 Å². The minimum absolute atomic E-state index is 0.118. The second kappa shape index (κ2) is 6.64. The topological polar surface area (TPSA) is 94.3 Å². The molecule has 8 nitrogen and oxygen atoms in total. The molecule has 5 aromatic heterocycles. The molecular formula is C18H17N7OS2. The first-order valence-electron chi connectivity index (χ1n) is 8.89. The Labute approximate surface area is 167 Å². The molecule has 0 saturated carbocycles. The van der Waals surface area contributed by atoms with E-state index in [1.807, 2.05) is 23.2 Å². The van der Waals surface area contributed by atoms with E-state index < -0.39 is 0 Å². The predicted octanol–water partition coefficient (Wildman–Crippen LogP) is 2.73. The average Bonchev–Trinajstić information content (AvgIpc) is 3.46.